The van der Waals surface area contributed by atoms with Gasteiger partial charge in [-0.2, -0.15) is 0 Å². The van der Waals surface area contributed by atoms with E-state index in [1.165, 1.54) is 76.2 Å². The van der Waals surface area contributed by atoms with E-state index >= 15 is 0 Å². The topological polar surface area (TPSA) is 20.2 Å². The quantitative estimate of drug-likeness (QED) is 0.231. The van der Waals surface area contributed by atoms with E-state index in [0.29, 0.717) is 5.92 Å². The Morgan fingerprint density at radius 1 is 0.826 bits per heavy atom. The van der Waals surface area contributed by atoms with Crippen LogP contribution < -0.4 is 0 Å². The summed E-state index contributed by atoms with van der Waals surface area (Å²) in [5, 5.41) is 10.1. The van der Waals surface area contributed by atoms with Crippen LogP contribution in [0.3, 0.4) is 0 Å². The molecule has 0 aliphatic heterocycles. The molecule has 1 unspecified atom stereocenters. The van der Waals surface area contributed by atoms with Crippen LogP contribution in [0.2, 0.25) is 0 Å². The maximum atomic E-state index is 10.1. The van der Waals surface area contributed by atoms with Gasteiger partial charge in [0.25, 0.3) is 0 Å². The van der Waals surface area contributed by atoms with Crippen molar-refractivity contribution >= 4 is 0 Å². The minimum Gasteiger partial charge on any atom is -0.393 e. The average Bonchev–Trinajstić information content (AvgIpc) is 2.48. The van der Waals surface area contributed by atoms with Crippen molar-refractivity contribution in [2.24, 2.45) is 5.92 Å². The van der Waals surface area contributed by atoms with Crippen LogP contribution in [0.15, 0.2) is 11.6 Å². The van der Waals surface area contributed by atoms with E-state index in [2.05, 4.69) is 33.8 Å². The zero-order valence-corrected chi connectivity index (χ0v) is 16.6. The summed E-state index contributed by atoms with van der Waals surface area (Å²) in [6.07, 6.45) is 20.3. The van der Waals surface area contributed by atoms with Crippen LogP contribution in [0.5, 0.6) is 0 Å². The molecular weight excluding hydrogens is 280 g/mol. The monoisotopic (exact) mass is 324 g/mol. The molecule has 0 saturated carbocycles. The Hall–Kier alpha value is -0.300. The van der Waals surface area contributed by atoms with Crippen molar-refractivity contribution in [2.75, 3.05) is 0 Å². The normalized spacial score (nSPS) is 13.8. The van der Waals surface area contributed by atoms with E-state index in [9.17, 15) is 5.11 Å². The van der Waals surface area contributed by atoms with Crippen molar-refractivity contribution in [2.45, 2.75) is 124 Å². The van der Waals surface area contributed by atoms with Gasteiger partial charge >= 0.3 is 0 Å². The summed E-state index contributed by atoms with van der Waals surface area (Å²) in [6.45, 7) is 8.87. The number of rotatable bonds is 16. The highest BCUT2D eigenvalue weighted by Gasteiger charge is 2.09. The van der Waals surface area contributed by atoms with Gasteiger partial charge in [-0.1, -0.05) is 89.7 Å². The molecular formula is C22H44O. The molecule has 0 saturated heterocycles. The lowest BCUT2D eigenvalue weighted by molar-refractivity contribution is 0.131. The van der Waals surface area contributed by atoms with Crippen molar-refractivity contribution in [1.82, 2.24) is 0 Å². The first-order chi connectivity index (χ1) is 11.1. The molecule has 0 aromatic carbocycles. The smallest absolute Gasteiger partial charge is 0.0542 e. The predicted octanol–water partition coefficient (Wildman–Crippen LogP) is 7.43. The molecule has 1 N–H and O–H groups in total. The molecule has 1 heteroatoms. The van der Waals surface area contributed by atoms with E-state index in [0.717, 1.165) is 19.3 Å². The number of hydrogen-bond acceptors (Lipinski definition) is 1. The van der Waals surface area contributed by atoms with Gasteiger partial charge in [0, 0.05) is 0 Å². The zero-order chi connectivity index (χ0) is 17.3. The van der Waals surface area contributed by atoms with E-state index in [4.69, 9.17) is 0 Å². The molecule has 0 radical (unpaired) electrons. The van der Waals surface area contributed by atoms with Crippen LogP contribution in [0, 0.1) is 5.92 Å². The first kappa shape index (κ1) is 22.7. The van der Waals surface area contributed by atoms with Gasteiger partial charge < -0.3 is 5.11 Å². The highest BCUT2D eigenvalue weighted by atomic mass is 16.3. The van der Waals surface area contributed by atoms with Crippen LogP contribution in [0.1, 0.15) is 118 Å². The number of aliphatic hydroxyl groups excluding tert-OH is 1. The van der Waals surface area contributed by atoms with Gasteiger partial charge in [0.1, 0.15) is 0 Å². The summed E-state index contributed by atoms with van der Waals surface area (Å²) in [5.74, 6) is 0.642. The van der Waals surface area contributed by atoms with Gasteiger partial charge in [-0.15, -0.1) is 0 Å². The molecule has 0 rings (SSSR count). The van der Waals surface area contributed by atoms with Crippen molar-refractivity contribution in [3.05, 3.63) is 11.6 Å². The summed E-state index contributed by atoms with van der Waals surface area (Å²) in [7, 11) is 0. The summed E-state index contributed by atoms with van der Waals surface area (Å²) in [5.41, 5.74) is 1.41. The molecule has 0 amide bonds. The van der Waals surface area contributed by atoms with Crippen molar-refractivity contribution in [3.63, 3.8) is 0 Å². The lowest BCUT2D eigenvalue weighted by atomic mass is 9.95. The number of allylic oxidation sites excluding steroid dienone is 2. The lowest BCUT2D eigenvalue weighted by Gasteiger charge is -2.15. The predicted molar refractivity (Wildman–Crippen MR) is 105 cm³/mol. The van der Waals surface area contributed by atoms with Crippen molar-refractivity contribution in [1.29, 1.82) is 0 Å². The van der Waals surface area contributed by atoms with Gasteiger partial charge in [0.15, 0.2) is 0 Å². The SMILES string of the molecule is CCCCCCCCCCCCC(O)C[C@H](C)CCC=C(C)C. The van der Waals surface area contributed by atoms with E-state index in [-0.39, 0.29) is 6.10 Å². The minimum atomic E-state index is -0.0780. The summed E-state index contributed by atoms with van der Waals surface area (Å²) in [6, 6.07) is 0. The molecule has 0 bridgehead atoms. The second-order valence-corrected chi connectivity index (χ2v) is 7.82. The molecule has 0 fully saturated rings. The highest BCUT2D eigenvalue weighted by molar-refractivity contribution is 4.92. The molecule has 2 atom stereocenters. The van der Waals surface area contributed by atoms with Gasteiger partial charge in [0.2, 0.25) is 0 Å². The van der Waals surface area contributed by atoms with Crippen molar-refractivity contribution < 1.29 is 5.11 Å². The maximum absolute atomic E-state index is 10.1. The van der Waals surface area contributed by atoms with E-state index in [1.807, 2.05) is 0 Å². The third-order valence-corrected chi connectivity index (χ3v) is 4.78. The number of hydrogen-bond donors (Lipinski definition) is 1. The van der Waals surface area contributed by atoms with E-state index < -0.39 is 0 Å². The van der Waals surface area contributed by atoms with Crippen LogP contribution in [0.25, 0.3) is 0 Å². The largest absolute Gasteiger partial charge is 0.393 e. The summed E-state index contributed by atoms with van der Waals surface area (Å²) >= 11 is 0. The average molecular weight is 325 g/mol. The Balaban J connectivity index is 3.35. The van der Waals surface area contributed by atoms with Crippen molar-refractivity contribution in [3.8, 4) is 0 Å². The Bertz CT molecular complexity index is 265. The molecule has 0 heterocycles. The third kappa shape index (κ3) is 17.9. The Kier molecular flexibility index (Phi) is 16.3. The van der Waals surface area contributed by atoms with E-state index in [1.54, 1.807) is 0 Å². The lowest BCUT2D eigenvalue weighted by Crippen LogP contribution is -2.11. The fourth-order valence-corrected chi connectivity index (χ4v) is 3.22. The van der Waals surface area contributed by atoms with Crippen LogP contribution in [-0.4, -0.2) is 11.2 Å². The maximum Gasteiger partial charge on any atom is 0.0542 e. The van der Waals surface area contributed by atoms with Gasteiger partial charge in [0.05, 0.1) is 6.10 Å². The van der Waals surface area contributed by atoms with Gasteiger partial charge in [-0.25, -0.2) is 0 Å². The second kappa shape index (κ2) is 16.6. The molecule has 0 aliphatic carbocycles. The molecule has 1 nitrogen and oxygen atoms in total. The first-order valence-corrected chi connectivity index (χ1v) is 10.4. The Morgan fingerprint density at radius 2 is 1.35 bits per heavy atom. The third-order valence-electron chi connectivity index (χ3n) is 4.78. The molecule has 138 valence electrons. The number of aliphatic hydroxyl groups is 1. The Labute approximate surface area is 147 Å². The van der Waals surface area contributed by atoms with Gasteiger partial charge in [-0.05, 0) is 45.4 Å². The van der Waals surface area contributed by atoms with Crippen LogP contribution in [-0.2, 0) is 0 Å². The van der Waals surface area contributed by atoms with Crippen LogP contribution >= 0.6 is 0 Å². The summed E-state index contributed by atoms with van der Waals surface area (Å²) in [4.78, 5) is 0. The van der Waals surface area contributed by atoms with Crippen LogP contribution in [0.4, 0.5) is 0 Å². The number of unbranched alkanes of at least 4 members (excludes halogenated alkanes) is 9. The zero-order valence-electron chi connectivity index (χ0n) is 16.6. The molecule has 0 spiro atoms. The molecule has 0 aliphatic rings. The summed E-state index contributed by atoms with van der Waals surface area (Å²) < 4.78 is 0. The minimum absolute atomic E-state index is 0.0780. The standard InChI is InChI=1S/C22H44O/c1-5-6-7-8-9-10-11-12-13-14-18-22(23)19-21(4)17-15-16-20(2)3/h16,21-23H,5-15,17-19H2,1-4H3/t21-,22?/m1/s1. The molecule has 0 aromatic rings. The Morgan fingerprint density at radius 3 is 1.87 bits per heavy atom. The molecule has 23 heavy (non-hydrogen) atoms. The highest BCUT2D eigenvalue weighted by Crippen LogP contribution is 2.18. The van der Waals surface area contributed by atoms with Gasteiger partial charge in [-0.3, -0.25) is 0 Å². The first-order valence-electron chi connectivity index (χ1n) is 10.4. The fraction of sp³-hybridized carbons (Fsp3) is 0.909. The fourth-order valence-electron chi connectivity index (χ4n) is 3.22. The molecule has 0 aromatic heterocycles. The second-order valence-electron chi connectivity index (χ2n) is 7.82.